The Bertz CT molecular complexity index is 813. The fraction of sp³-hybridized carbons (Fsp3) is 0.400. The molecular weight excluding hydrogens is 272 g/mol. The predicted molar refractivity (Wildman–Crippen MR) is 80.0 cm³/mol. The number of para-hydroxylation sites is 1. The molecule has 0 atom stereocenters. The van der Waals surface area contributed by atoms with Gasteiger partial charge < -0.3 is 10.1 Å². The van der Waals surface area contributed by atoms with E-state index in [1.54, 1.807) is 12.1 Å². The molecule has 2 aromatic rings. The summed E-state index contributed by atoms with van der Waals surface area (Å²) in [6, 6.07) is 4.58. The molecule has 2 rings (SSSR count). The maximum Gasteiger partial charge on any atom is 0.337 e. The SMILES string of the molecule is CCC(C)(CC)n1c(=O)c(=O)[nH]c2cccc(C(=O)O)c21. The number of nitrogens with zero attached hydrogens (tertiary/aromatic N) is 1. The maximum absolute atomic E-state index is 12.3. The van der Waals surface area contributed by atoms with E-state index in [1.807, 2.05) is 20.8 Å². The summed E-state index contributed by atoms with van der Waals surface area (Å²) in [5, 5.41) is 9.37. The summed E-state index contributed by atoms with van der Waals surface area (Å²) in [6.45, 7) is 5.67. The van der Waals surface area contributed by atoms with E-state index in [0.29, 0.717) is 18.4 Å². The molecule has 0 radical (unpaired) electrons. The summed E-state index contributed by atoms with van der Waals surface area (Å²) in [5.74, 6) is -1.13. The Morgan fingerprint density at radius 1 is 1.29 bits per heavy atom. The zero-order valence-corrected chi connectivity index (χ0v) is 12.3. The van der Waals surface area contributed by atoms with Crippen LogP contribution in [-0.4, -0.2) is 20.6 Å². The zero-order valence-electron chi connectivity index (χ0n) is 12.3. The van der Waals surface area contributed by atoms with Gasteiger partial charge in [-0.15, -0.1) is 0 Å². The molecule has 1 aromatic heterocycles. The van der Waals surface area contributed by atoms with Gasteiger partial charge in [0.25, 0.3) is 0 Å². The molecule has 0 bridgehead atoms. The fourth-order valence-electron chi connectivity index (χ4n) is 2.52. The Kier molecular flexibility index (Phi) is 3.72. The van der Waals surface area contributed by atoms with Crippen molar-refractivity contribution in [2.45, 2.75) is 39.2 Å². The Morgan fingerprint density at radius 3 is 2.43 bits per heavy atom. The molecule has 1 aromatic carbocycles. The van der Waals surface area contributed by atoms with Crippen LogP contribution >= 0.6 is 0 Å². The van der Waals surface area contributed by atoms with E-state index in [1.165, 1.54) is 10.6 Å². The number of aromatic carboxylic acids is 1. The van der Waals surface area contributed by atoms with Crippen molar-refractivity contribution < 1.29 is 9.90 Å². The number of rotatable bonds is 4. The van der Waals surface area contributed by atoms with Gasteiger partial charge in [0.2, 0.25) is 0 Å². The Labute approximate surface area is 121 Å². The van der Waals surface area contributed by atoms with Gasteiger partial charge in [0.05, 0.1) is 16.6 Å². The van der Waals surface area contributed by atoms with Crippen LogP contribution in [0.4, 0.5) is 0 Å². The van der Waals surface area contributed by atoms with Crippen LogP contribution in [-0.2, 0) is 5.54 Å². The van der Waals surface area contributed by atoms with Crippen LogP contribution in [0.3, 0.4) is 0 Å². The molecule has 0 amide bonds. The first-order valence-electron chi connectivity index (χ1n) is 6.87. The standard InChI is InChI=1S/C15H18N2O4/c1-4-15(3,5-2)17-11-9(14(20)21)7-6-8-10(11)16-12(18)13(17)19/h6-8H,4-5H2,1-3H3,(H,16,18)(H,20,21). The number of hydrogen-bond acceptors (Lipinski definition) is 3. The second kappa shape index (κ2) is 5.20. The van der Waals surface area contributed by atoms with Crippen LogP contribution in [0, 0.1) is 0 Å². The number of carboxylic acid groups (broad SMARTS) is 1. The molecule has 0 aliphatic rings. The molecule has 0 spiro atoms. The van der Waals surface area contributed by atoms with Gasteiger partial charge in [-0.3, -0.25) is 14.2 Å². The molecule has 0 unspecified atom stereocenters. The van der Waals surface area contributed by atoms with Gasteiger partial charge in [-0.1, -0.05) is 19.9 Å². The van der Waals surface area contributed by atoms with Crippen LogP contribution in [0.1, 0.15) is 44.0 Å². The van der Waals surface area contributed by atoms with E-state index in [0.717, 1.165) is 0 Å². The fourth-order valence-corrected chi connectivity index (χ4v) is 2.52. The topological polar surface area (TPSA) is 92.2 Å². The molecule has 21 heavy (non-hydrogen) atoms. The highest BCUT2D eigenvalue weighted by atomic mass is 16.4. The summed E-state index contributed by atoms with van der Waals surface area (Å²) in [4.78, 5) is 38.1. The first-order valence-corrected chi connectivity index (χ1v) is 6.87. The van der Waals surface area contributed by atoms with Gasteiger partial charge in [-0.25, -0.2) is 4.79 Å². The lowest BCUT2D eigenvalue weighted by Crippen LogP contribution is -2.46. The summed E-state index contributed by atoms with van der Waals surface area (Å²) >= 11 is 0. The minimum Gasteiger partial charge on any atom is -0.478 e. The largest absolute Gasteiger partial charge is 0.478 e. The van der Waals surface area contributed by atoms with Crippen LogP contribution in [0.15, 0.2) is 27.8 Å². The monoisotopic (exact) mass is 290 g/mol. The third-order valence-electron chi connectivity index (χ3n) is 4.20. The maximum atomic E-state index is 12.3. The van der Waals surface area contributed by atoms with Crippen LogP contribution < -0.4 is 11.1 Å². The number of aromatic amines is 1. The average Bonchev–Trinajstić information content (AvgIpc) is 2.47. The molecule has 112 valence electrons. The third kappa shape index (κ3) is 2.26. The predicted octanol–water partition coefficient (Wildman–Crippen LogP) is 1.92. The molecule has 0 fully saturated rings. The van der Waals surface area contributed by atoms with Gasteiger partial charge >= 0.3 is 17.1 Å². The lowest BCUT2D eigenvalue weighted by Gasteiger charge is -2.31. The first kappa shape index (κ1) is 15.0. The second-order valence-corrected chi connectivity index (χ2v) is 5.31. The number of H-pyrrole nitrogens is 1. The Hall–Kier alpha value is -2.37. The van der Waals surface area contributed by atoms with Gasteiger partial charge in [-0.2, -0.15) is 0 Å². The van der Waals surface area contributed by atoms with Crippen molar-refractivity contribution in [3.8, 4) is 0 Å². The quantitative estimate of drug-likeness (QED) is 0.841. The van der Waals surface area contributed by atoms with Crippen molar-refractivity contribution in [2.24, 2.45) is 0 Å². The van der Waals surface area contributed by atoms with Crippen molar-refractivity contribution in [1.82, 2.24) is 9.55 Å². The zero-order chi connectivity index (χ0) is 15.8. The normalized spacial score (nSPS) is 11.8. The highest BCUT2D eigenvalue weighted by Gasteiger charge is 2.28. The first-order chi connectivity index (χ1) is 9.85. The molecule has 0 saturated carbocycles. The molecule has 1 heterocycles. The molecule has 0 aliphatic carbocycles. The van der Waals surface area contributed by atoms with Crippen molar-refractivity contribution in [3.05, 3.63) is 44.5 Å². The molecule has 6 heteroatoms. The molecule has 6 nitrogen and oxygen atoms in total. The van der Waals surface area contributed by atoms with E-state index >= 15 is 0 Å². The minimum absolute atomic E-state index is 0.00831. The van der Waals surface area contributed by atoms with Crippen LogP contribution in [0.2, 0.25) is 0 Å². The van der Waals surface area contributed by atoms with Crippen LogP contribution in [0.25, 0.3) is 11.0 Å². The number of nitrogens with one attached hydrogen (secondary N) is 1. The van der Waals surface area contributed by atoms with Gasteiger partial charge in [0.1, 0.15) is 0 Å². The summed E-state index contributed by atoms with van der Waals surface area (Å²) in [7, 11) is 0. The third-order valence-corrected chi connectivity index (χ3v) is 4.20. The van der Waals surface area contributed by atoms with Crippen LogP contribution in [0.5, 0.6) is 0 Å². The molecule has 0 aliphatic heterocycles. The summed E-state index contributed by atoms with van der Waals surface area (Å²) in [6.07, 6.45) is 1.21. The van der Waals surface area contributed by atoms with Crippen molar-refractivity contribution in [2.75, 3.05) is 0 Å². The molecular formula is C15H18N2O4. The number of carboxylic acids is 1. The number of hydrogen-bond donors (Lipinski definition) is 2. The Morgan fingerprint density at radius 2 is 1.90 bits per heavy atom. The van der Waals surface area contributed by atoms with E-state index in [-0.39, 0.29) is 11.1 Å². The Balaban J connectivity index is 3.10. The smallest absolute Gasteiger partial charge is 0.337 e. The molecule has 2 N–H and O–H groups in total. The van der Waals surface area contributed by atoms with Gasteiger partial charge in [-0.05, 0) is 31.9 Å². The van der Waals surface area contributed by atoms with E-state index in [2.05, 4.69) is 4.98 Å². The summed E-state index contributed by atoms with van der Waals surface area (Å²) in [5.41, 5.74) is -1.45. The van der Waals surface area contributed by atoms with E-state index in [9.17, 15) is 19.5 Å². The van der Waals surface area contributed by atoms with Gasteiger partial charge in [0, 0.05) is 5.54 Å². The second-order valence-electron chi connectivity index (χ2n) is 5.31. The van der Waals surface area contributed by atoms with Gasteiger partial charge in [0.15, 0.2) is 0 Å². The highest BCUT2D eigenvalue weighted by molar-refractivity contribution is 6.00. The highest BCUT2D eigenvalue weighted by Crippen LogP contribution is 2.27. The average molecular weight is 290 g/mol. The number of benzene rings is 1. The lowest BCUT2D eigenvalue weighted by atomic mass is 9.94. The van der Waals surface area contributed by atoms with E-state index < -0.39 is 22.6 Å². The lowest BCUT2D eigenvalue weighted by molar-refractivity contribution is 0.0698. The number of fused-ring (bicyclic) bond motifs is 1. The van der Waals surface area contributed by atoms with E-state index in [4.69, 9.17) is 0 Å². The molecule has 0 saturated heterocycles. The summed E-state index contributed by atoms with van der Waals surface area (Å²) < 4.78 is 1.34. The number of aromatic nitrogens is 2. The number of carbonyl (C=O) groups is 1. The van der Waals surface area contributed by atoms with Crippen molar-refractivity contribution in [3.63, 3.8) is 0 Å². The van der Waals surface area contributed by atoms with Crippen molar-refractivity contribution in [1.29, 1.82) is 0 Å². The van der Waals surface area contributed by atoms with Crippen molar-refractivity contribution >= 4 is 17.0 Å². The minimum atomic E-state index is -1.13.